The maximum absolute atomic E-state index is 12.3. The summed E-state index contributed by atoms with van der Waals surface area (Å²) in [6.45, 7) is 5.56. The highest BCUT2D eigenvalue weighted by molar-refractivity contribution is 7.86. The molecule has 0 aromatic rings. The summed E-state index contributed by atoms with van der Waals surface area (Å²) in [5.41, 5.74) is -0.736. The minimum Gasteiger partial charge on any atom is -0.480 e. The fraction of sp³-hybridized carbons (Fsp3) is 0.900. The van der Waals surface area contributed by atoms with Crippen molar-refractivity contribution in [3.05, 3.63) is 0 Å². The van der Waals surface area contributed by atoms with Gasteiger partial charge in [0.1, 0.15) is 6.54 Å². The molecule has 1 saturated heterocycles. The van der Waals surface area contributed by atoms with E-state index in [1.54, 1.807) is 20.8 Å². The van der Waals surface area contributed by atoms with Gasteiger partial charge >= 0.3 is 5.97 Å². The van der Waals surface area contributed by atoms with Crippen molar-refractivity contribution in [2.75, 3.05) is 19.6 Å². The molecule has 0 aromatic heterocycles. The van der Waals surface area contributed by atoms with E-state index in [2.05, 4.69) is 0 Å². The molecule has 0 radical (unpaired) electrons. The van der Waals surface area contributed by atoms with Crippen LogP contribution in [0.3, 0.4) is 0 Å². The first-order chi connectivity index (χ1) is 7.65. The van der Waals surface area contributed by atoms with Crippen LogP contribution < -0.4 is 0 Å². The van der Waals surface area contributed by atoms with Gasteiger partial charge in [-0.2, -0.15) is 17.0 Å². The lowest BCUT2D eigenvalue weighted by atomic mass is 10.1. The number of carboxylic acids is 1. The maximum Gasteiger partial charge on any atom is 0.318 e. The maximum atomic E-state index is 12.3. The van der Waals surface area contributed by atoms with Gasteiger partial charge in [0.2, 0.25) is 0 Å². The van der Waals surface area contributed by atoms with Crippen molar-refractivity contribution in [1.29, 1.82) is 0 Å². The molecule has 0 aliphatic carbocycles. The Labute approximate surface area is 102 Å². The van der Waals surface area contributed by atoms with Gasteiger partial charge in [-0.3, -0.25) is 4.79 Å². The fourth-order valence-corrected chi connectivity index (χ4v) is 3.81. The molecule has 0 atom stereocenters. The molecule has 1 rings (SSSR count). The molecule has 7 heteroatoms. The first kappa shape index (κ1) is 14.4. The second-order valence-electron chi connectivity index (χ2n) is 5.19. The molecule has 0 bridgehead atoms. The highest BCUT2D eigenvalue weighted by Crippen LogP contribution is 2.23. The Balaban J connectivity index is 3.00. The first-order valence-corrected chi connectivity index (χ1v) is 7.05. The minimum atomic E-state index is -3.67. The third-order valence-electron chi connectivity index (χ3n) is 2.70. The fourth-order valence-electron chi connectivity index (χ4n) is 1.85. The zero-order valence-electron chi connectivity index (χ0n) is 10.5. The topological polar surface area (TPSA) is 77.9 Å². The van der Waals surface area contributed by atoms with Crippen LogP contribution in [0.1, 0.15) is 33.6 Å². The van der Waals surface area contributed by atoms with Gasteiger partial charge in [0.05, 0.1) is 0 Å². The number of nitrogens with zero attached hydrogens (tertiary/aromatic N) is 2. The molecule has 0 amide bonds. The Morgan fingerprint density at radius 3 is 2.12 bits per heavy atom. The average Bonchev–Trinajstić information content (AvgIpc) is 2.64. The van der Waals surface area contributed by atoms with Crippen molar-refractivity contribution in [2.45, 2.75) is 39.2 Å². The lowest BCUT2D eigenvalue weighted by Gasteiger charge is -2.35. The minimum absolute atomic E-state index is 0.481. The standard InChI is InChI=1S/C10H20N2O4S/c1-10(2,3)12(8-9(13)14)17(15,16)11-6-4-5-7-11/h4-8H2,1-3H3,(H,13,14). The highest BCUT2D eigenvalue weighted by Gasteiger charge is 2.39. The van der Waals surface area contributed by atoms with Gasteiger partial charge in [0, 0.05) is 18.6 Å². The number of carbonyl (C=O) groups is 1. The van der Waals surface area contributed by atoms with E-state index >= 15 is 0 Å². The highest BCUT2D eigenvalue weighted by atomic mass is 32.2. The van der Waals surface area contributed by atoms with Crippen LogP contribution >= 0.6 is 0 Å². The largest absolute Gasteiger partial charge is 0.480 e. The molecule has 100 valence electrons. The molecular formula is C10H20N2O4S. The molecule has 6 nitrogen and oxygen atoms in total. The summed E-state index contributed by atoms with van der Waals surface area (Å²) in [4.78, 5) is 10.8. The number of aliphatic carboxylic acids is 1. The van der Waals surface area contributed by atoms with E-state index in [-0.39, 0.29) is 0 Å². The van der Waals surface area contributed by atoms with E-state index in [1.807, 2.05) is 0 Å². The van der Waals surface area contributed by atoms with Crippen molar-refractivity contribution in [1.82, 2.24) is 8.61 Å². The van der Waals surface area contributed by atoms with Crippen molar-refractivity contribution in [3.8, 4) is 0 Å². The summed E-state index contributed by atoms with van der Waals surface area (Å²) in [5, 5.41) is 8.83. The van der Waals surface area contributed by atoms with Gasteiger partial charge in [-0.1, -0.05) is 0 Å². The summed E-state index contributed by atoms with van der Waals surface area (Å²) < 4.78 is 27.0. The molecule has 1 fully saturated rings. The molecule has 17 heavy (non-hydrogen) atoms. The second-order valence-corrected chi connectivity index (χ2v) is 7.04. The van der Waals surface area contributed by atoms with E-state index in [9.17, 15) is 13.2 Å². The third-order valence-corrected chi connectivity index (χ3v) is 4.95. The van der Waals surface area contributed by atoms with Crippen LogP contribution in [0.2, 0.25) is 0 Å². The van der Waals surface area contributed by atoms with Crippen LogP contribution in [-0.2, 0) is 15.0 Å². The van der Waals surface area contributed by atoms with Gasteiger partial charge in [0.15, 0.2) is 0 Å². The van der Waals surface area contributed by atoms with Crippen LogP contribution in [0, 0.1) is 0 Å². The second kappa shape index (κ2) is 4.91. The normalized spacial score (nSPS) is 18.8. The zero-order chi connectivity index (χ0) is 13.3. The molecular weight excluding hydrogens is 244 g/mol. The molecule has 0 saturated carbocycles. The van der Waals surface area contributed by atoms with Crippen LogP contribution in [0.25, 0.3) is 0 Å². The van der Waals surface area contributed by atoms with E-state index < -0.39 is 28.3 Å². The lowest BCUT2D eigenvalue weighted by molar-refractivity contribution is -0.138. The first-order valence-electron chi connectivity index (χ1n) is 5.65. The third kappa shape index (κ3) is 3.40. The average molecular weight is 264 g/mol. The zero-order valence-corrected chi connectivity index (χ0v) is 11.3. The Kier molecular flexibility index (Phi) is 4.16. The van der Waals surface area contributed by atoms with E-state index in [4.69, 9.17) is 5.11 Å². The predicted octanol–water partition coefficient (Wildman–Crippen LogP) is 0.512. The summed E-state index contributed by atoms with van der Waals surface area (Å²) in [7, 11) is -3.67. The predicted molar refractivity (Wildman–Crippen MR) is 63.8 cm³/mol. The lowest BCUT2D eigenvalue weighted by Crippen LogP contribution is -2.53. The molecule has 0 aromatic carbocycles. The van der Waals surface area contributed by atoms with Gasteiger partial charge < -0.3 is 5.11 Å². The van der Waals surface area contributed by atoms with E-state index in [0.29, 0.717) is 13.1 Å². The Bertz CT molecular complexity index is 380. The number of hydrogen-bond donors (Lipinski definition) is 1. The van der Waals surface area contributed by atoms with Crippen LogP contribution in [0.5, 0.6) is 0 Å². The number of rotatable bonds is 4. The van der Waals surface area contributed by atoms with Gasteiger partial charge in [0.25, 0.3) is 10.2 Å². The molecule has 1 aliphatic heterocycles. The number of carboxylic acid groups (broad SMARTS) is 1. The molecule has 1 heterocycles. The Morgan fingerprint density at radius 1 is 1.29 bits per heavy atom. The molecule has 1 N–H and O–H groups in total. The quantitative estimate of drug-likeness (QED) is 0.802. The van der Waals surface area contributed by atoms with Gasteiger partial charge in [-0.05, 0) is 33.6 Å². The van der Waals surface area contributed by atoms with Crippen molar-refractivity contribution in [2.24, 2.45) is 0 Å². The summed E-state index contributed by atoms with van der Waals surface area (Å²) >= 11 is 0. The van der Waals surface area contributed by atoms with Crippen molar-refractivity contribution in [3.63, 3.8) is 0 Å². The summed E-state index contributed by atoms with van der Waals surface area (Å²) in [6.07, 6.45) is 1.68. The SMILES string of the molecule is CC(C)(C)N(CC(=O)O)S(=O)(=O)N1CCCC1. The molecule has 0 spiro atoms. The summed E-state index contributed by atoms with van der Waals surface area (Å²) in [6, 6.07) is 0. The molecule has 1 aliphatic rings. The van der Waals surface area contributed by atoms with Crippen LogP contribution in [-0.4, -0.2) is 53.3 Å². The van der Waals surface area contributed by atoms with Crippen molar-refractivity contribution < 1.29 is 18.3 Å². The monoisotopic (exact) mass is 264 g/mol. The van der Waals surface area contributed by atoms with E-state index in [0.717, 1.165) is 17.1 Å². The van der Waals surface area contributed by atoms with Crippen LogP contribution in [0.4, 0.5) is 0 Å². The smallest absolute Gasteiger partial charge is 0.318 e. The molecule has 0 unspecified atom stereocenters. The summed E-state index contributed by atoms with van der Waals surface area (Å²) in [5.74, 6) is -1.14. The Hall–Kier alpha value is -0.660. The Morgan fingerprint density at radius 2 is 1.76 bits per heavy atom. The van der Waals surface area contributed by atoms with E-state index in [1.165, 1.54) is 4.31 Å². The number of hydrogen-bond acceptors (Lipinski definition) is 3. The van der Waals surface area contributed by atoms with Crippen LogP contribution in [0.15, 0.2) is 0 Å². The van der Waals surface area contributed by atoms with Gasteiger partial charge in [-0.15, -0.1) is 0 Å². The van der Waals surface area contributed by atoms with Gasteiger partial charge in [-0.25, -0.2) is 0 Å². The van der Waals surface area contributed by atoms with Crippen molar-refractivity contribution >= 4 is 16.2 Å².